The molecule has 18 heavy (non-hydrogen) atoms. The summed E-state index contributed by atoms with van der Waals surface area (Å²) in [6.45, 7) is 0.530. The Morgan fingerprint density at radius 2 is 2.06 bits per heavy atom. The first kappa shape index (κ1) is 13.1. The van der Waals surface area contributed by atoms with E-state index in [9.17, 15) is 13.2 Å². The van der Waals surface area contributed by atoms with Crippen molar-refractivity contribution < 1.29 is 17.9 Å². The molecule has 98 valence electrons. The molecule has 2 nitrogen and oxygen atoms in total. The number of nitrogens with two attached hydrogens (primary N) is 1. The van der Waals surface area contributed by atoms with E-state index < -0.39 is 11.7 Å². The van der Waals surface area contributed by atoms with Crippen LogP contribution in [0.5, 0.6) is 5.75 Å². The number of halogens is 3. The van der Waals surface area contributed by atoms with Gasteiger partial charge in [-0.25, -0.2) is 0 Å². The Morgan fingerprint density at radius 1 is 1.39 bits per heavy atom. The van der Waals surface area contributed by atoms with Gasteiger partial charge in [-0.3, -0.25) is 0 Å². The van der Waals surface area contributed by atoms with Crippen LogP contribution >= 0.6 is 12.2 Å². The van der Waals surface area contributed by atoms with Crippen molar-refractivity contribution in [2.45, 2.75) is 19.0 Å². The van der Waals surface area contributed by atoms with Gasteiger partial charge in [-0.05, 0) is 37.0 Å². The fourth-order valence-corrected chi connectivity index (χ4v) is 1.73. The highest BCUT2D eigenvalue weighted by Gasteiger charge is 2.34. The van der Waals surface area contributed by atoms with Crippen LogP contribution in [0, 0.1) is 5.92 Å². The Kier molecular flexibility index (Phi) is 3.47. The van der Waals surface area contributed by atoms with Crippen molar-refractivity contribution in [3.8, 4) is 5.75 Å². The van der Waals surface area contributed by atoms with E-state index in [2.05, 4.69) is 12.2 Å². The van der Waals surface area contributed by atoms with Crippen LogP contribution in [0.2, 0.25) is 0 Å². The van der Waals surface area contributed by atoms with E-state index in [1.165, 1.54) is 12.1 Å². The van der Waals surface area contributed by atoms with Gasteiger partial charge in [-0.1, -0.05) is 12.2 Å². The second kappa shape index (κ2) is 4.76. The summed E-state index contributed by atoms with van der Waals surface area (Å²) in [5, 5.41) is 0. The van der Waals surface area contributed by atoms with Crippen molar-refractivity contribution in [2.24, 2.45) is 11.7 Å². The van der Waals surface area contributed by atoms with Crippen LogP contribution in [0.15, 0.2) is 18.2 Å². The summed E-state index contributed by atoms with van der Waals surface area (Å²) in [6, 6.07) is 3.51. The molecule has 1 aromatic carbocycles. The lowest BCUT2D eigenvalue weighted by Crippen LogP contribution is -2.18. The Morgan fingerprint density at radius 3 is 2.56 bits per heavy atom. The molecule has 0 saturated heterocycles. The molecule has 1 aromatic rings. The molecule has 0 atom stereocenters. The lowest BCUT2D eigenvalue weighted by atomic mass is 10.1. The van der Waals surface area contributed by atoms with Gasteiger partial charge >= 0.3 is 6.18 Å². The summed E-state index contributed by atoms with van der Waals surface area (Å²) in [6.07, 6.45) is -2.24. The van der Waals surface area contributed by atoms with Crippen LogP contribution in [0.3, 0.4) is 0 Å². The van der Waals surface area contributed by atoms with Gasteiger partial charge in [-0.15, -0.1) is 0 Å². The van der Waals surface area contributed by atoms with Gasteiger partial charge in [0.15, 0.2) is 0 Å². The average Bonchev–Trinajstić information content (AvgIpc) is 3.08. The molecule has 0 aliphatic heterocycles. The number of alkyl halides is 3. The first-order valence-electron chi connectivity index (χ1n) is 5.52. The van der Waals surface area contributed by atoms with Gasteiger partial charge in [0, 0.05) is 5.56 Å². The van der Waals surface area contributed by atoms with Gasteiger partial charge < -0.3 is 10.5 Å². The third kappa shape index (κ3) is 3.13. The van der Waals surface area contributed by atoms with Crippen molar-refractivity contribution in [3.05, 3.63) is 29.3 Å². The largest absolute Gasteiger partial charge is 0.493 e. The van der Waals surface area contributed by atoms with E-state index >= 15 is 0 Å². The first-order chi connectivity index (χ1) is 8.38. The monoisotopic (exact) mass is 275 g/mol. The van der Waals surface area contributed by atoms with Crippen molar-refractivity contribution in [1.82, 2.24) is 0 Å². The zero-order valence-corrected chi connectivity index (χ0v) is 10.3. The standard InChI is InChI=1S/C12H12F3NOS/c13-12(14,15)10-4-3-8(5-9(10)11(16)18)17-6-7-1-2-7/h3-5,7H,1-2,6H2,(H2,16,18). The number of hydrogen-bond donors (Lipinski definition) is 1. The number of benzene rings is 1. The maximum Gasteiger partial charge on any atom is 0.417 e. The predicted molar refractivity (Wildman–Crippen MR) is 65.6 cm³/mol. The molecule has 1 aliphatic rings. The highest BCUT2D eigenvalue weighted by molar-refractivity contribution is 7.80. The Balaban J connectivity index is 2.24. The second-order valence-corrected chi connectivity index (χ2v) is 4.76. The predicted octanol–water partition coefficient (Wildman–Crippen LogP) is 3.13. The van der Waals surface area contributed by atoms with Gasteiger partial charge in [0.1, 0.15) is 10.7 Å². The van der Waals surface area contributed by atoms with Gasteiger partial charge in [0.05, 0.1) is 12.2 Å². The topological polar surface area (TPSA) is 35.2 Å². The smallest absolute Gasteiger partial charge is 0.417 e. The number of thiocarbonyl (C=S) groups is 1. The molecule has 0 amide bonds. The summed E-state index contributed by atoms with van der Waals surface area (Å²) in [5.41, 5.74) is 4.31. The molecular weight excluding hydrogens is 263 g/mol. The molecule has 0 spiro atoms. The minimum atomic E-state index is -4.46. The maximum absolute atomic E-state index is 12.7. The second-order valence-electron chi connectivity index (χ2n) is 4.32. The maximum atomic E-state index is 12.7. The van der Waals surface area contributed by atoms with E-state index in [-0.39, 0.29) is 10.6 Å². The molecule has 0 heterocycles. The van der Waals surface area contributed by atoms with Crippen LogP contribution in [-0.2, 0) is 6.18 Å². The Labute approximate surface area is 108 Å². The molecule has 2 N–H and O–H groups in total. The zero-order valence-electron chi connectivity index (χ0n) is 9.46. The van der Waals surface area contributed by atoms with Crippen molar-refractivity contribution in [2.75, 3.05) is 6.61 Å². The molecular formula is C12H12F3NOS. The van der Waals surface area contributed by atoms with Crippen LogP contribution in [0.1, 0.15) is 24.0 Å². The van der Waals surface area contributed by atoms with Crippen LogP contribution in [0.25, 0.3) is 0 Å². The number of hydrogen-bond acceptors (Lipinski definition) is 2. The summed E-state index contributed by atoms with van der Waals surface area (Å²) in [5.74, 6) is 0.901. The van der Waals surface area contributed by atoms with Crippen LogP contribution in [0.4, 0.5) is 13.2 Å². The molecule has 2 rings (SSSR count). The van der Waals surface area contributed by atoms with E-state index in [1.54, 1.807) is 0 Å². The Bertz CT molecular complexity index is 469. The van der Waals surface area contributed by atoms with Crippen molar-refractivity contribution in [1.29, 1.82) is 0 Å². The lowest BCUT2D eigenvalue weighted by molar-refractivity contribution is -0.137. The Hall–Kier alpha value is -1.30. The molecule has 0 unspecified atom stereocenters. The molecule has 0 radical (unpaired) electrons. The first-order valence-corrected chi connectivity index (χ1v) is 5.92. The normalized spacial score (nSPS) is 15.5. The SMILES string of the molecule is NC(=S)c1cc(OCC2CC2)ccc1C(F)(F)F. The van der Waals surface area contributed by atoms with Crippen molar-refractivity contribution >= 4 is 17.2 Å². The zero-order chi connectivity index (χ0) is 13.3. The molecule has 1 saturated carbocycles. The molecule has 1 fully saturated rings. The highest BCUT2D eigenvalue weighted by atomic mass is 32.1. The van der Waals surface area contributed by atoms with E-state index in [4.69, 9.17) is 10.5 Å². The summed E-state index contributed by atoms with van der Waals surface area (Å²) >= 11 is 4.65. The van der Waals surface area contributed by atoms with Gasteiger partial charge in [0.25, 0.3) is 0 Å². The minimum Gasteiger partial charge on any atom is -0.493 e. The highest BCUT2D eigenvalue weighted by Crippen LogP contribution is 2.34. The minimum absolute atomic E-state index is 0.189. The van der Waals surface area contributed by atoms with Gasteiger partial charge in [0.2, 0.25) is 0 Å². The van der Waals surface area contributed by atoms with Crippen LogP contribution in [-0.4, -0.2) is 11.6 Å². The summed E-state index contributed by atoms with van der Waals surface area (Å²) < 4.78 is 43.5. The van der Waals surface area contributed by atoms with Crippen LogP contribution < -0.4 is 10.5 Å². The molecule has 0 aromatic heterocycles. The number of rotatable bonds is 4. The van der Waals surface area contributed by atoms with Crippen molar-refractivity contribution in [3.63, 3.8) is 0 Å². The molecule has 1 aliphatic carbocycles. The van der Waals surface area contributed by atoms with E-state index in [0.29, 0.717) is 18.3 Å². The van der Waals surface area contributed by atoms with E-state index in [1.807, 2.05) is 0 Å². The fraction of sp³-hybridized carbons (Fsp3) is 0.417. The quantitative estimate of drug-likeness (QED) is 0.857. The average molecular weight is 275 g/mol. The summed E-state index contributed by atoms with van der Waals surface area (Å²) in [4.78, 5) is -0.279. The number of ether oxygens (including phenoxy) is 1. The third-order valence-electron chi connectivity index (χ3n) is 2.74. The lowest BCUT2D eigenvalue weighted by Gasteiger charge is -2.14. The molecule has 0 bridgehead atoms. The van der Waals surface area contributed by atoms with Gasteiger partial charge in [-0.2, -0.15) is 13.2 Å². The third-order valence-corrected chi connectivity index (χ3v) is 2.96. The summed E-state index contributed by atoms with van der Waals surface area (Å²) in [7, 11) is 0. The fourth-order valence-electron chi connectivity index (χ4n) is 1.56. The van der Waals surface area contributed by atoms with E-state index in [0.717, 1.165) is 18.9 Å². The molecule has 6 heteroatoms.